The lowest BCUT2D eigenvalue weighted by Gasteiger charge is -2.05. The Morgan fingerprint density at radius 2 is 2.00 bits per heavy atom. The molecule has 0 saturated heterocycles. The van der Waals surface area contributed by atoms with Crippen molar-refractivity contribution in [2.24, 2.45) is 0 Å². The van der Waals surface area contributed by atoms with Gasteiger partial charge in [-0.3, -0.25) is 0 Å². The van der Waals surface area contributed by atoms with Crippen LogP contribution < -0.4 is 10.0 Å². The normalized spacial score (nSPS) is 11.4. The highest BCUT2D eigenvalue weighted by atomic mass is 32.2. The van der Waals surface area contributed by atoms with E-state index >= 15 is 0 Å². The zero-order valence-electron chi connectivity index (χ0n) is 9.58. The van der Waals surface area contributed by atoms with Crippen LogP contribution in [0.5, 0.6) is 0 Å². The Kier molecular flexibility index (Phi) is 3.53. The van der Waals surface area contributed by atoms with E-state index in [4.69, 9.17) is 0 Å². The van der Waals surface area contributed by atoms with Crippen LogP contribution in [0.25, 0.3) is 0 Å². The number of aromatic amines is 1. The fourth-order valence-corrected chi connectivity index (χ4v) is 2.28. The number of hydrogen-bond acceptors (Lipinski definition) is 6. The summed E-state index contributed by atoms with van der Waals surface area (Å²) in [5.41, 5.74) is 0.840. The first kappa shape index (κ1) is 12.5. The average molecular weight is 268 g/mol. The topological polar surface area (TPSA) is 113 Å². The summed E-state index contributed by atoms with van der Waals surface area (Å²) in [6, 6.07) is 6.40. The van der Waals surface area contributed by atoms with Crippen LogP contribution in [0.2, 0.25) is 0 Å². The molecule has 18 heavy (non-hydrogen) atoms. The predicted octanol–water partition coefficient (Wildman–Crippen LogP) is -0.280. The van der Waals surface area contributed by atoms with Gasteiger partial charge >= 0.3 is 0 Å². The highest BCUT2D eigenvalue weighted by Crippen LogP contribution is 2.13. The maximum atomic E-state index is 11.9. The van der Waals surface area contributed by atoms with Gasteiger partial charge in [-0.15, -0.1) is 10.2 Å². The Bertz CT molecular complexity index is 592. The lowest BCUT2D eigenvalue weighted by Crippen LogP contribution is -2.23. The van der Waals surface area contributed by atoms with Crippen LogP contribution in [0.1, 0.15) is 5.82 Å². The molecule has 2 rings (SSSR count). The summed E-state index contributed by atoms with van der Waals surface area (Å²) in [7, 11) is -1.80. The van der Waals surface area contributed by atoms with Crippen LogP contribution >= 0.6 is 0 Å². The van der Waals surface area contributed by atoms with E-state index in [0.717, 1.165) is 5.69 Å². The summed E-state index contributed by atoms with van der Waals surface area (Å²) >= 11 is 0. The van der Waals surface area contributed by atoms with Crippen molar-refractivity contribution in [3.05, 3.63) is 30.1 Å². The molecule has 0 atom stereocenters. The molecule has 1 aromatic heterocycles. The van der Waals surface area contributed by atoms with E-state index in [1.165, 1.54) is 12.1 Å². The number of hydrogen-bond donors (Lipinski definition) is 3. The second kappa shape index (κ2) is 5.10. The van der Waals surface area contributed by atoms with Gasteiger partial charge in [-0.25, -0.2) is 13.1 Å². The van der Waals surface area contributed by atoms with Crippen molar-refractivity contribution < 1.29 is 8.42 Å². The molecular weight excluding hydrogens is 256 g/mol. The van der Waals surface area contributed by atoms with Crippen LogP contribution in [0.4, 0.5) is 5.69 Å². The maximum absolute atomic E-state index is 11.9. The molecule has 0 aliphatic heterocycles. The van der Waals surface area contributed by atoms with Gasteiger partial charge in [0, 0.05) is 12.7 Å². The molecule has 96 valence electrons. The van der Waals surface area contributed by atoms with Gasteiger partial charge in [0.05, 0.1) is 11.4 Å². The summed E-state index contributed by atoms with van der Waals surface area (Å²) in [6.07, 6.45) is 0. The number of H-pyrrole nitrogens is 1. The molecule has 9 heteroatoms. The van der Waals surface area contributed by atoms with Gasteiger partial charge < -0.3 is 5.32 Å². The minimum Gasteiger partial charge on any atom is -0.388 e. The monoisotopic (exact) mass is 268 g/mol. The number of aromatic nitrogens is 4. The molecule has 2 aromatic rings. The van der Waals surface area contributed by atoms with Gasteiger partial charge in [0.15, 0.2) is 5.82 Å². The third-order valence-electron chi connectivity index (χ3n) is 2.26. The van der Waals surface area contributed by atoms with Crippen molar-refractivity contribution in [2.75, 3.05) is 12.4 Å². The van der Waals surface area contributed by atoms with Crippen molar-refractivity contribution in [3.8, 4) is 0 Å². The van der Waals surface area contributed by atoms with Crippen molar-refractivity contribution in [1.29, 1.82) is 0 Å². The van der Waals surface area contributed by atoms with Gasteiger partial charge in [-0.1, -0.05) is 5.21 Å². The molecule has 0 bridgehead atoms. The summed E-state index contributed by atoms with van der Waals surface area (Å²) in [5, 5.41) is 15.8. The molecule has 0 amide bonds. The summed E-state index contributed by atoms with van der Waals surface area (Å²) in [4.78, 5) is 0.185. The van der Waals surface area contributed by atoms with Crippen LogP contribution in [0.15, 0.2) is 29.2 Å². The number of tetrazole rings is 1. The highest BCUT2D eigenvalue weighted by Gasteiger charge is 2.14. The van der Waals surface area contributed by atoms with Gasteiger partial charge in [-0.2, -0.15) is 5.21 Å². The van der Waals surface area contributed by atoms with Crippen molar-refractivity contribution in [3.63, 3.8) is 0 Å². The van der Waals surface area contributed by atoms with Crippen molar-refractivity contribution in [1.82, 2.24) is 25.3 Å². The smallest absolute Gasteiger partial charge is 0.240 e. The number of sulfonamides is 1. The Morgan fingerprint density at radius 1 is 1.28 bits per heavy atom. The second-order valence-corrected chi connectivity index (χ2v) is 5.19. The SMILES string of the molecule is CNc1ccc(S(=O)(=O)NCc2nn[nH]n2)cc1. The van der Waals surface area contributed by atoms with E-state index in [0.29, 0.717) is 0 Å². The zero-order chi connectivity index (χ0) is 13.0. The Balaban J connectivity index is 2.09. The van der Waals surface area contributed by atoms with E-state index in [1.807, 2.05) is 0 Å². The summed E-state index contributed by atoms with van der Waals surface area (Å²) < 4.78 is 26.2. The van der Waals surface area contributed by atoms with E-state index in [2.05, 4.69) is 30.7 Å². The van der Waals surface area contributed by atoms with Gasteiger partial charge in [-0.05, 0) is 24.3 Å². The number of nitrogens with zero attached hydrogens (tertiary/aromatic N) is 3. The fourth-order valence-electron chi connectivity index (χ4n) is 1.30. The molecule has 0 aliphatic rings. The second-order valence-electron chi connectivity index (χ2n) is 3.43. The van der Waals surface area contributed by atoms with Crippen LogP contribution in [0, 0.1) is 0 Å². The molecule has 0 saturated carbocycles. The van der Waals surface area contributed by atoms with Gasteiger partial charge in [0.2, 0.25) is 10.0 Å². The highest BCUT2D eigenvalue weighted by molar-refractivity contribution is 7.89. The molecule has 1 aromatic carbocycles. The van der Waals surface area contributed by atoms with Crippen LogP contribution in [-0.4, -0.2) is 36.1 Å². The first-order valence-electron chi connectivity index (χ1n) is 5.11. The fraction of sp³-hybridized carbons (Fsp3) is 0.222. The first-order chi connectivity index (χ1) is 8.62. The van der Waals surface area contributed by atoms with Crippen molar-refractivity contribution in [2.45, 2.75) is 11.4 Å². The minimum atomic E-state index is -3.56. The quantitative estimate of drug-likeness (QED) is 0.687. The number of nitrogens with one attached hydrogen (secondary N) is 3. The number of benzene rings is 1. The van der Waals surface area contributed by atoms with E-state index in [9.17, 15) is 8.42 Å². The lowest BCUT2D eigenvalue weighted by atomic mass is 10.3. The van der Waals surface area contributed by atoms with Crippen LogP contribution in [-0.2, 0) is 16.6 Å². The summed E-state index contributed by atoms with van der Waals surface area (Å²) in [6.45, 7) is -0.00733. The standard InChI is InChI=1S/C9H12N6O2S/c1-10-7-2-4-8(5-3-7)18(16,17)11-6-9-12-14-15-13-9/h2-5,10-11H,6H2,1H3,(H,12,13,14,15). The Morgan fingerprint density at radius 3 is 2.56 bits per heavy atom. The first-order valence-corrected chi connectivity index (χ1v) is 6.60. The maximum Gasteiger partial charge on any atom is 0.240 e. The molecule has 0 aliphatic carbocycles. The average Bonchev–Trinajstić information content (AvgIpc) is 2.90. The zero-order valence-corrected chi connectivity index (χ0v) is 10.4. The molecule has 0 radical (unpaired) electrons. The third kappa shape index (κ3) is 2.81. The number of rotatable bonds is 5. The van der Waals surface area contributed by atoms with Crippen molar-refractivity contribution >= 4 is 15.7 Å². The van der Waals surface area contributed by atoms with E-state index < -0.39 is 10.0 Å². The van der Waals surface area contributed by atoms with Crippen LogP contribution in [0.3, 0.4) is 0 Å². The minimum absolute atomic E-state index is 0.00733. The molecule has 1 heterocycles. The largest absolute Gasteiger partial charge is 0.388 e. The molecule has 3 N–H and O–H groups in total. The molecule has 8 nitrogen and oxygen atoms in total. The van der Waals surface area contributed by atoms with Gasteiger partial charge in [0.1, 0.15) is 0 Å². The molecular formula is C9H12N6O2S. The summed E-state index contributed by atoms with van der Waals surface area (Å²) in [5.74, 6) is 0.283. The van der Waals surface area contributed by atoms with Gasteiger partial charge in [0.25, 0.3) is 0 Å². The predicted molar refractivity (Wildman–Crippen MR) is 64.2 cm³/mol. The van der Waals surface area contributed by atoms with E-state index in [1.54, 1.807) is 19.2 Å². The number of anilines is 1. The Labute approximate surface area is 104 Å². The Hall–Kier alpha value is -2.00. The van der Waals surface area contributed by atoms with E-state index in [-0.39, 0.29) is 17.3 Å². The molecule has 0 spiro atoms. The molecule has 0 fully saturated rings. The third-order valence-corrected chi connectivity index (χ3v) is 3.68. The molecule has 0 unspecified atom stereocenters. The lowest BCUT2D eigenvalue weighted by molar-refractivity contribution is 0.579.